The molecule has 1 saturated heterocycles. The molecule has 5 nitrogen and oxygen atoms in total. The number of carboxylic acid groups (broad SMARTS) is 1. The second-order valence-corrected chi connectivity index (χ2v) is 3.81. The lowest BCUT2D eigenvalue weighted by molar-refractivity contribution is -0.138. The maximum atomic E-state index is 10.5. The topological polar surface area (TPSA) is 75.8 Å². The van der Waals surface area contributed by atoms with Crippen LogP contribution < -0.4 is 5.73 Å². The Morgan fingerprint density at radius 1 is 1.79 bits per heavy atom. The Kier molecular flexibility index (Phi) is 4.31. The first kappa shape index (κ1) is 11.4. The number of nitrogens with two attached hydrogens (primary N) is 1. The van der Waals surface area contributed by atoms with Crippen molar-refractivity contribution in [3.63, 3.8) is 0 Å². The van der Waals surface area contributed by atoms with Gasteiger partial charge >= 0.3 is 5.97 Å². The van der Waals surface area contributed by atoms with E-state index in [2.05, 4.69) is 4.90 Å². The highest BCUT2D eigenvalue weighted by molar-refractivity contribution is 5.73. The second kappa shape index (κ2) is 5.29. The Labute approximate surface area is 83.8 Å². The number of carbonyl (C=O) groups is 1. The minimum Gasteiger partial charge on any atom is -0.480 e. The molecule has 0 aromatic rings. The summed E-state index contributed by atoms with van der Waals surface area (Å²) >= 11 is 0. The fourth-order valence-corrected chi connectivity index (χ4v) is 1.81. The van der Waals surface area contributed by atoms with E-state index < -0.39 is 12.0 Å². The average molecular weight is 202 g/mol. The SMILES string of the molecule is COCC1CCN(CC(N)C(=O)O)C1. The number of likely N-dealkylation sites (tertiary alicyclic amines) is 1. The van der Waals surface area contributed by atoms with Crippen LogP contribution in [0.1, 0.15) is 6.42 Å². The Morgan fingerprint density at radius 3 is 3.07 bits per heavy atom. The van der Waals surface area contributed by atoms with Crippen LogP contribution >= 0.6 is 0 Å². The van der Waals surface area contributed by atoms with Crippen molar-refractivity contribution in [2.75, 3.05) is 33.4 Å². The number of rotatable bonds is 5. The van der Waals surface area contributed by atoms with Gasteiger partial charge in [0.2, 0.25) is 0 Å². The van der Waals surface area contributed by atoms with Gasteiger partial charge in [-0.1, -0.05) is 0 Å². The Balaban J connectivity index is 2.25. The Bertz CT molecular complexity index is 198. The molecule has 1 heterocycles. The standard InChI is InChI=1S/C9H18N2O3/c1-14-6-7-2-3-11(4-7)5-8(10)9(12)13/h7-8H,2-6,10H2,1H3,(H,12,13). The summed E-state index contributed by atoms with van der Waals surface area (Å²) in [5.41, 5.74) is 5.44. The van der Waals surface area contributed by atoms with E-state index in [1.807, 2.05) is 0 Å². The van der Waals surface area contributed by atoms with Crippen LogP contribution in [0.15, 0.2) is 0 Å². The van der Waals surface area contributed by atoms with Gasteiger partial charge < -0.3 is 20.5 Å². The maximum Gasteiger partial charge on any atom is 0.321 e. The van der Waals surface area contributed by atoms with E-state index >= 15 is 0 Å². The summed E-state index contributed by atoms with van der Waals surface area (Å²) in [5, 5.41) is 8.64. The molecule has 2 unspecified atom stereocenters. The molecule has 1 aliphatic heterocycles. The lowest BCUT2D eigenvalue weighted by Crippen LogP contribution is -2.41. The Hall–Kier alpha value is -0.650. The van der Waals surface area contributed by atoms with Crippen LogP contribution in [-0.4, -0.2) is 55.4 Å². The van der Waals surface area contributed by atoms with Gasteiger partial charge in [-0.05, 0) is 18.9 Å². The maximum absolute atomic E-state index is 10.5. The number of nitrogens with zero attached hydrogens (tertiary/aromatic N) is 1. The van der Waals surface area contributed by atoms with Crippen molar-refractivity contribution in [3.05, 3.63) is 0 Å². The first-order chi connectivity index (χ1) is 6.63. The number of methoxy groups -OCH3 is 1. The van der Waals surface area contributed by atoms with Crippen LogP contribution in [0.25, 0.3) is 0 Å². The summed E-state index contributed by atoms with van der Waals surface area (Å²) < 4.78 is 5.05. The van der Waals surface area contributed by atoms with E-state index in [4.69, 9.17) is 15.6 Å². The summed E-state index contributed by atoms with van der Waals surface area (Å²) in [4.78, 5) is 12.6. The van der Waals surface area contributed by atoms with Crippen molar-refractivity contribution in [2.24, 2.45) is 11.7 Å². The zero-order chi connectivity index (χ0) is 10.6. The summed E-state index contributed by atoms with van der Waals surface area (Å²) in [5.74, 6) is -0.402. The molecule has 5 heteroatoms. The molecule has 2 atom stereocenters. The molecule has 1 rings (SSSR count). The van der Waals surface area contributed by atoms with Crippen LogP contribution in [0.3, 0.4) is 0 Å². The van der Waals surface area contributed by atoms with Gasteiger partial charge in [-0.3, -0.25) is 4.79 Å². The molecule has 0 saturated carbocycles. The highest BCUT2D eigenvalue weighted by Gasteiger charge is 2.25. The van der Waals surface area contributed by atoms with Gasteiger partial charge in [-0.15, -0.1) is 0 Å². The zero-order valence-electron chi connectivity index (χ0n) is 8.48. The number of carboxylic acids is 1. The molecular formula is C9H18N2O3. The first-order valence-electron chi connectivity index (χ1n) is 4.83. The predicted molar refractivity (Wildman–Crippen MR) is 52.0 cm³/mol. The van der Waals surface area contributed by atoms with Gasteiger partial charge in [0.25, 0.3) is 0 Å². The van der Waals surface area contributed by atoms with Gasteiger partial charge in [0.1, 0.15) is 6.04 Å². The first-order valence-corrected chi connectivity index (χ1v) is 4.83. The van der Waals surface area contributed by atoms with E-state index in [1.165, 1.54) is 0 Å². The third kappa shape index (κ3) is 3.25. The highest BCUT2D eigenvalue weighted by atomic mass is 16.5. The van der Waals surface area contributed by atoms with Crippen LogP contribution in [0, 0.1) is 5.92 Å². The lowest BCUT2D eigenvalue weighted by Gasteiger charge is -2.17. The third-order valence-electron chi connectivity index (χ3n) is 2.54. The van der Waals surface area contributed by atoms with E-state index in [-0.39, 0.29) is 0 Å². The fourth-order valence-electron chi connectivity index (χ4n) is 1.81. The number of aliphatic carboxylic acids is 1. The van der Waals surface area contributed by atoms with E-state index in [9.17, 15) is 4.79 Å². The van der Waals surface area contributed by atoms with Crippen LogP contribution in [-0.2, 0) is 9.53 Å². The molecule has 0 spiro atoms. The summed E-state index contributed by atoms with van der Waals surface area (Å²) in [6, 6.07) is -0.767. The molecule has 1 fully saturated rings. The van der Waals surface area contributed by atoms with E-state index in [0.29, 0.717) is 12.5 Å². The van der Waals surface area contributed by atoms with Crippen LogP contribution in [0.4, 0.5) is 0 Å². The van der Waals surface area contributed by atoms with Gasteiger partial charge in [0.15, 0.2) is 0 Å². The normalized spacial score (nSPS) is 25.1. The number of hydrogen-bond donors (Lipinski definition) is 2. The molecule has 0 amide bonds. The molecule has 0 radical (unpaired) electrons. The van der Waals surface area contributed by atoms with E-state index in [0.717, 1.165) is 26.1 Å². The quantitative estimate of drug-likeness (QED) is 0.620. The molecule has 0 aromatic heterocycles. The van der Waals surface area contributed by atoms with Crippen LogP contribution in [0.5, 0.6) is 0 Å². The highest BCUT2D eigenvalue weighted by Crippen LogP contribution is 2.15. The van der Waals surface area contributed by atoms with Crippen molar-refractivity contribution >= 4 is 5.97 Å². The Morgan fingerprint density at radius 2 is 2.50 bits per heavy atom. The second-order valence-electron chi connectivity index (χ2n) is 3.81. The molecule has 3 N–H and O–H groups in total. The minimum atomic E-state index is -0.930. The lowest BCUT2D eigenvalue weighted by atomic mass is 10.1. The molecule has 0 aliphatic carbocycles. The van der Waals surface area contributed by atoms with Crippen molar-refractivity contribution in [1.82, 2.24) is 4.90 Å². The fraction of sp³-hybridized carbons (Fsp3) is 0.889. The van der Waals surface area contributed by atoms with Crippen molar-refractivity contribution in [3.8, 4) is 0 Å². The van der Waals surface area contributed by atoms with Crippen molar-refractivity contribution < 1.29 is 14.6 Å². The van der Waals surface area contributed by atoms with Gasteiger partial charge in [0.05, 0.1) is 6.61 Å². The van der Waals surface area contributed by atoms with Gasteiger partial charge in [-0.25, -0.2) is 0 Å². The third-order valence-corrected chi connectivity index (χ3v) is 2.54. The minimum absolute atomic E-state index is 0.440. The van der Waals surface area contributed by atoms with Gasteiger partial charge in [0, 0.05) is 20.2 Å². The predicted octanol–water partition coefficient (Wildman–Crippen LogP) is -0.633. The monoisotopic (exact) mass is 202 g/mol. The van der Waals surface area contributed by atoms with E-state index in [1.54, 1.807) is 7.11 Å². The number of ether oxygens (including phenoxy) is 1. The summed E-state index contributed by atoms with van der Waals surface area (Å²) in [6.45, 7) is 3.01. The smallest absolute Gasteiger partial charge is 0.321 e. The summed E-state index contributed by atoms with van der Waals surface area (Å²) in [7, 11) is 1.69. The largest absolute Gasteiger partial charge is 0.480 e. The van der Waals surface area contributed by atoms with Crippen molar-refractivity contribution in [2.45, 2.75) is 12.5 Å². The molecule has 14 heavy (non-hydrogen) atoms. The number of hydrogen-bond acceptors (Lipinski definition) is 4. The molecule has 0 aromatic carbocycles. The molecule has 0 bridgehead atoms. The van der Waals surface area contributed by atoms with Gasteiger partial charge in [-0.2, -0.15) is 0 Å². The van der Waals surface area contributed by atoms with Crippen molar-refractivity contribution in [1.29, 1.82) is 0 Å². The average Bonchev–Trinajstić information content (AvgIpc) is 2.53. The summed E-state index contributed by atoms with van der Waals surface area (Å²) in [6.07, 6.45) is 1.07. The van der Waals surface area contributed by atoms with Crippen LogP contribution in [0.2, 0.25) is 0 Å². The molecular weight excluding hydrogens is 184 g/mol. The molecule has 1 aliphatic rings. The molecule has 82 valence electrons. The zero-order valence-corrected chi connectivity index (χ0v) is 8.48.